The summed E-state index contributed by atoms with van der Waals surface area (Å²) in [6.45, 7) is 5.42. The maximum absolute atomic E-state index is 10.1. The van der Waals surface area contributed by atoms with E-state index in [0.29, 0.717) is 12.0 Å². The summed E-state index contributed by atoms with van der Waals surface area (Å²) >= 11 is 0. The third-order valence-corrected chi connectivity index (χ3v) is 1.13. The van der Waals surface area contributed by atoms with Crippen LogP contribution in [0.3, 0.4) is 0 Å². The van der Waals surface area contributed by atoms with Crippen molar-refractivity contribution in [1.29, 1.82) is 0 Å². The maximum Gasteiger partial charge on any atom is 0.330 e. The van der Waals surface area contributed by atoms with Crippen molar-refractivity contribution in [2.75, 3.05) is 0 Å². The standard InChI is InChI=1S/C7H12O2.Zn/c1-3-4-5-6(2)7(8)9;/h2-5H2,1H3,(H,8,9);. The summed E-state index contributed by atoms with van der Waals surface area (Å²) < 4.78 is 0. The molecule has 0 aliphatic rings. The molecule has 0 bridgehead atoms. The molecule has 0 rings (SSSR count). The molecule has 0 aromatic rings. The largest absolute Gasteiger partial charge is 0.478 e. The molecule has 1 N–H and O–H groups in total. The molecular weight excluding hydrogens is 181 g/mol. The van der Waals surface area contributed by atoms with Crippen LogP contribution in [0.2, 0.25) is 0 Å². The Morgan fingerprint density at radius 1 is 1.60 bits per heavy atom. The Morgan fingerprint density at radius 3 is 2.40 bits per heavy atom. The van der Waals surface area contributed by atoms with Crippen molar-refractivity contribution in [2.45, 2.75) is 26.2 Å². The van der Waals surface area contributed by atoms with Gasteiger partial charge in [-0.05, 0) is 12.8 Å². The van der Waals surface area contributed by atoms with Gasteiger partial charge >= 0.3 is 5.97 Å². The molecule has 0 heterocycles. The van der Waals surface area contributed by atoms with E-state index in [1.165, 1.54) is 0 Å². The average Bonchev–Trinajstić information content (AvgIpc) is 1.82. The molecule has 0 radical (unpaired) electrons. The number of hydrogen-bond donors (Lipinski definition) is 1. The molecule has 0 aromatic heterocycles. The molecule has 3 heteroatoms. The van der Waals surface area contributed by atoms with Gasteiger partial charge in [0.2, 0.25) is 0 Å². The fourth-order valence-corrected chi connectivity index (χ4v) is 0.497. The molecule has 0 aromatic carbocycles. The van der Waals surface area contributed by atoms with Gasteiger partial charge in [-0.2, -0.15) is 0 Å². The maximum atomic E-state index is 10.1. The summed E-state index contributed by atoms with van der Waals surface area (Å²) in [5.74, 6) is -0.872. The summed E-state index contributed by atoms with van der Waals surface area (Å²) in [6, 6.07) is 0. The Balaban J connectivity index is 0. The van der Waals surface area contributed by atoms with Gasteiger partial charge in [0.1, 0.15) is 0 Å². The van der Waals surface area contributed by atoms with Crippen molar-refractivity contribution in [3.63, 3.8) is 0 Å². The van der Waals surface area contributed by atoms with E-state index in [1.807, 2.05) is 6.92 Å². The van der Waals surface area contributed by atoms with Crippen molar-refractivity contribution in [1.82, 2.24) is 0 Å². The second-order valence-electron chi connectivity index (χ2n) is 2.01. The topological polar surface area (TPSA) is 37.3 Å². The number of aliphatic carboxylic acids is 1. The van der Waals surface area contributed by atoms with Crippen LogP contribution in [0.4, 0.5) is 0 Å². The van der Waals surface area contributed by atoms with Gasteiger partial charge < -0.3 is 5.11 Å². The van der Waals surface area contributed by atoms with E-state index >= 15 is 0 Å². The molecule has 0 amide bonds. The average molecular weight is 194 g/mol. The van der Waals surface area contributed by atoms with Crippen LogP contribution in [0.1, 0.15) is 26.2 Å². The molecule has 0 aliphatic heterocycles. The molecule has 0 atom stereocenters. The number of carboxylic acids is 1. The number of carbonyl (C=O) groups is 1. The minimum absolute atomic E-state index is 0. The van der Waals surface area contributed by atoms with E-state index in [-0.39, 0.29) is 19.5 Å². The van der Waals surface area contributed by atoms with Crippen molar-refractivity contribution in [2.24, 2.45) is 0 Å². The van der Waals surface area contributed by atoms with Crippen LogP contribution in [0, 0.1) is 0 Å². The molecule has 10 heavy (non-hydrogen) atoms. The van der Waals surface area contributed by atoms with Crippen LogP contribution >= 0.6 is 0 Å². The van der Waals surface area contributed by atoms with Gasteiger partial charge in [-0.1, -0.05) is 19.9 Å². The zero-order valence-corrected chi connectivity index (χ0v) is 9.36. The van der Waals surface area contributed by atoms with Crippen LogP contribution in [0.5, 0.6) is 0 Å². The minimum atomic E-state index is -0.872. The van der Waals surface area contributed by atoms with E-state index < -0.39 is 5.97 Å². The van der Waals surface area contributed by atoms with Crippen molar-refractivity contribution < 1.29 is 29.4 Å². The van der Waals surface area contributed by atoms with Gasteiger partial charge in [0.15, 0.2) is 0 Å². The third-order valence-electron chi connectivity index (χ3n) is 1.13. The van der Waals surface area contributed by atoms with Crippen LogP contribution in [-0.4, -0.2) is 11.1 Å². The van der Waals surface area contributed by atoms with Gasteiger partial charge in [0, 0.05) is 25.1 Å². The van der Waals surface area contributed by atoms with Crippen LogP contribution in [0.25, 0.3) is 0 Å². The first-order chi connectivity index (χ1) is 4.18. The van der Waals surface area contributed by atoms with Gasteiger partial charge in [0.05, 0.1) is 0 Å². The van der Waals surface area contributed by atoms with E-state index in [0.717, 1.165) is 12.8 Å². The number of hydrogen-bond acceptors (Lipinski definition) is 1. The van der Waals surface area contributed by atoms with Crippen LogP contribution < -0.4 is 0 Å². The Kier molecular flexibility index (Phi) is 8.69. The molecule has 54 valence electrons. The summed E-state index contributed by atoms with van der Waals surface area (Å²) in [5.41, 5.74) is 0.317. The van der Waals surface area contributed by atoms with Gasteiger partial charge in [-0.15, -0.1) is 0 Å². The summed E-state index contributed by atoms with van der Waals surface area (Å²) in [4.78, 5) is 10.1. The predicted molar refractivity (Wildman–Crippen MR) is 36.3 cm³/mol. The summed E-state index contributed by atoms with van der Waals surface area (Å²) in [5, 5.41) is 8.31. The number of rotatable bonds is 4. The second kappa shape index (κ2) is 6.95. The Bertz CT molecular complexity index is 121. The first kappa shape index (κ1) is 12.5. The zero-order chi connectivity index (χ0) is 7.28. The van der Waals surface area contributed by atoms with E-state index in [1.54, 1.807) is 0 Å². The normalized spacial score (nSPS) is 8.10. The first-order valence-electron chi connectivity index (χ1n) is 3.09. The SMILES string of the molecule is C=C(CCCC)C(=O)O.[Zn]. The number of carboxylic acid groups (broad SMARTS) is 1. The summed E-state index contributed by atoms with van der Waals surface area (Å²) in [6.07, 6.45) is 2.56. The molecule has 0 spiro atoms. The zero-order valence-electron chi connectivity index (χ0n) is 6.39. The molecular formula is C7H12O2Zn. The van der Waals surface area contributed by atoms with E-state index in [9.17, 15) is 4.79 Å². The Morgan fingerprint density at radius 2 is 2.10 bits per heavy atom. The number of unbranched alkanes of at least 4 members (excludes halogenated alkanes) is 1. The Hall–Kier alpha value is -0.167. The molecule has 0 aliphatic carbocycles. The van der Waals surface area contributed by atoms with Gasteiger partial charge in [-0.25, -0.2) is 4.79 Å². The smallest absolute Gasteiger partial charge is 0.330 e. The van der Waals surface area contributed by atoms with Gasteiger partial charge in [-0.3, -0.25) is 0 Å². The van der Waals surface area contributed by atoms with Crippen molar-refractivity contribution >= 4 is 5.97 Å². The molecule has 2 nitrogen and oxygen atoms in total. The second-order valence-corrected chi connectivity index (χ2v) is 2.01. The first-order valence-corrected chi connectivity index (χ1v) is 3.09. The van der Waals surface area contributed by atoms with E-state index in [4.69, 9.17) is 5.11 Å². The van der Waals surface area contributed by atoms with Crippen molar-refractivity contribution in [3.8, 4) is 0 Å². The molecule has 0 fully saturated rings. The molecule has 0 saturated heterocycles. The Labute approximate surface area is 74.1 Å². The predicted octanol–water partition coefficient (Wildman–Crippen LogP) is 1.81. The molecule has 0 saturated carbocycles. The van der Waals surface area contributed by atoms with Gasteiger partial charge in [0.25, 0.3) is 0 Å². The fourth-order valence-electron chi connectivity index (χ4n) is 0.497. The monoisotopic (exact) mass is 192 g/mol. The van der Waals surface area contributed by atoms with E-state index in [2.05, 4.69) is 6.58 Å². The minimum Gasteiger partial charge on any atom is -0.478 e. The molecule has 0 unspecified atom stereocenters. The third kappa shape index (κ3) is 5.96. The summed E-state index contributed by atoms with van der Waals surface area (Å²) in [7, 11) is 0. The van der Waals surface area contributed by atoms with Crippen LogP contribution in [0.15, 0.2) is 12.2 Å². The van der Waals surface area contributed by atoms with Crippen molar-refractivity contribution in [3.05, 3.63) is 12.2 Å². The fraction of sp³-hybridized carbons (Fsp3) is 0.571. The van der Waals surface area contributed by atoms with Crippen LogP contribution in [-0.2, 0) is 24.3 Å². The quantitative estimate of drug-likeness (QED) is 0.546.